The summed E-state index contributed by atoms with van der Waals surface area (Å²) in [5.74, 6) is -2.88. The molecule has 0 saturated carbocycles. The minimum atomic E-state index is -2.04. The van der Waals surface area contributed by atoms with Crippen LogP contribution in [-0.2, 0) is 21.6 Å². The van der Waals surface area contributed by atoms with Crippen molar-refractivity contribution in [3.8, 4) is 0 Å². The van der Waals surface area contributed by atoms with Crippen molar-refractivity contribution in [2.75, 3.05) is 16.9 Å². The van der Waals surface area contributed by atoms with Gasteiger partial charge in [-0.3, -0.25) is 19.3 Å². The molecule has 7 rings (SSSR count). The van der Waals surface area contributed by atoms with Crippen LogP contribution >= 0.6 is 11.3 Å². The van der Waals surface area contributed by atoms with Crippen molar-refractivity contribution in [3.05, 3.63) is 121 Å². The van der Waals surface area contributed by atoms with Gasteiger partial charge in [0.25, 0.3) is 11.8 Å². The molecule has 11 heteroatoms. The quantitative estimate of drug-likeness (QED) is 0.246. The van der Waals surface area contributed by atoms with E-state index in [1.807, 2.05) is 13.8 Å². The molecule has 9 nitrogen and oxygen atoms in total. The first-order valence-corrected chi connectivity index (χ1v) is 14.5. The lowest BCUT2D eigenvalue weighted by molar-refractivity contribution is -0.121. The Kier molecular flexibility index (Phi) is 6.08. The number of benzene rings is 3. The first-order valence-electron chi connectivity index (χ1n) is 13.7. The average molecular weight is 610 g/mol. The number of aryl methyl sites for hydroxylation is 3. The maximum Gasteiger partial charge on any atom is 0.350 e. The summed E-state index contributed by atoms with van der Waals surface area (Å²) in [6, 6.07) is 16.2. The number of para-hydroxylation sites is 1. The SMILES string of the molecule is COC(=O)c1sc(N2C(=O)c3oc4cc(C)c(C)cc4c(=O)c3C23C(=O)N(Cc2ccccc2F)c2ccccc23)nc1C. The standard InChI is InChI=1S/C33H24FN3O6S/c1-16-13-20-24(14-17(16)2)43-27-25(26(20)38)33(37(29(27)39)32-35-18(3)28(44-32)30(40)42-4)21-10-6-8-12-23(21)36(31(33)41)15-19-9-5-7-11-22(19)34/h5-14H,15H2,1-4H3. The Balaban J connectivity index is 1.57. The zero-order chi connectivity index (χ0) is 31.1. The number of esters is 1. The molecule has 3 aromatic carbocycles. The van der Waals surface area contributed by atoms with Gasteiger partial charge >= 0.3 is 5.97 Å². The van der Waals surface area contributed by atoms with Crippen LogP contribution < -0.4 is 15.2 Å². The Morgan fingerprint density at radius 2 is 1.73 bits per heavy atom. The number of fused-ring (bicyclic) bond motifs is 5. The highest BCUT2D eigenvalue weighted by Crippen LogP contribution is 2.55. The number of aromatic nitrogens is 1. The number of nitrogens with zero attached hydrogens (tertiary/aromatic N) is 3. The third-order valence-corrected chi connectivity index (χ3v) is 9.50. The summed E-state index contributed by atoms with van der Waals surface area (Å²) in [5.41, 5.74) is 0.411. The van der Waals surface area contributed by atoms with Crippen LogP contribution in [0.3, 0.4) is 0 Å². The monoisotopic (exact) mass is 609 g/mol. The first kappa shape index (κ1) is 27.7. The predicted molar refractivity (Wildman–Crippen MR) is 162 cm³/mol. The third kappa shape index (κ3) is 3.59. The molecule has 0 bridgehead atoms. The first-order chi connectivity index (χ1) is 21.1. The van der Waals surface area contributed by atoms with Crippen LogP contribution in [0.15, 0.2) is 69.9 Å². The minimum Gasteiger partial charge on any atom is -0.465 e. The van der Waals surface area contributed by atoms with E-state index in [9.17, 15) is 23.6 Å². The van der Waals surface area contributed by atoms with Crippen molar-refractivity contribution >= 4 is 50.9 Å². The third-order valence-electron chi connectivity index (χ3n) is 8.37. The van der Waals surface area contributed by atoms with E-state index in [-0.39, 0.29) is 50.1 Å². The number of hydrogen-bond acceptors (Lipinski definition) is 8. The molecular weight excluding hydrogens is 585 g/mol. The Bertz CT molecular complexity index is 2150. The van der Waals surface area contributed by atoms with Crippen LogP contribution in [0.5, 0.6) is 0 Å². The number of ether oxygens (including phenoxy) is 1. The molecule has 2 aromatic heterocycles. The molecule has 0 saturated heterocycles. The number of anilines is 2. The molecular formula is C33H24FN3O6S. The lowest BCUT2D eigenvalue weighted by atomic mass is 9.84. The topological polar surface area (TPSA) is 110 Å². The van der Waals surface area contributed by atoms with Crippen molar-refractivity contribution in [1.29, 1.82) is 0 Å². The molecule has 5 aromatic rings. The molecule has 2 aliphatic rings. The second kappa shape index (κ2) is 9.68. The smallest absolute Gasteiger partial charge is 0.350 e. The molecule has 0 N–H and O–H groups in total. The average Bonchev–Trinajstić information content (AvgIpc) is 3.59. The van der Waals surface area contributed by atoms with E-state index < -0.39 is 34.6 Å². The summed E-state index contributed by atoms with van der Waals surface area (Å²) in [7, 11) is 1.23. The van der Waals surface area contributed by atoms with Gasteiger partial charge < -0.3 is 14.1 Å². The van der Waals surface area contributed by atoms with E-state index in [1.54, 1.807) is 61.5 Å². The van der Waals surface area contributed by atoms with Crippen molar-refractivity contribution in [3.63, 3.8) is 0 Å². The summed E-state index contributed by atoms with van der Waals surface area (Å²) in [5, 5.41) is 0.218. The van der Waals surface area contributed by atoms with E-state index >= 15 is 0 Å². The van der Waals surface area contributed by atoms with Gasteiger partial charge in [0, 0.05) is 11.1 Å². The fourth-order valence-electron chi connectivity index (χ4n) is 6.13. The fraction of sp³-hybridized carbons (Fsp3) is 0.182. The number of amides is 2. The van der Waals surface area contributed by atoms with E-state index in [0.717, 1.165) is 27.4 Å². The maximum absolute atomic E-state index is 15.0. The molecule has 220 valence electrons. The van der Waals surface area contributed by atoms with Gasteiger partial charge in [0.15, 0.2) is 16.1 Å². The van der Waals surface area contributed by atoms with Crippen LogP contribution in [0.4, 0.5) is 15.2 Å². The molecule has 1 unspecified atom stereocenters. The molecule has 2 amide bonds. The molecule has 1 atom stereocenters. The number of carbonyl (C=O) groups is 3. The van der Waals surface area contributed by atoms with E-state index in [2.05, 4.69) is 4.98 Å². The largest absolute Gasteiger partial charge is 0.465 e. The zero-order valence-electron chi connectivity index (χ0n) is 24.1. The molecule has 2 aliphatic heterocycles. The van der Waals surface area contributed by atoms with Crippen molar-refractivity contribution in [1.82, 2.24) is 4.98 Å². The summed E-state index contributed by atoms with van der Waals surface area (Å²) in [6.45, 7) is 5.14. The van der Waals surface area contributed by atoms with Crippen LogP contribution in [-0.4, -0.2) is 29.9 Å². The Morgan fingerprint density at radius 3 is 2.48 bits per heavy atom. The van der Waals surface area contributed by atoms with Gasteiger partial charge in [-0.05, 0) is 56.2 Å². The predicted octanol–water partition coefficient (Wildman–Crippen LogP) is 5.55. The molecule has 0 radical (unpaired) electrons. The van der Waals surface area contributed by atoms with E-state index in [1.165, 1.54) is 18.1 Å². The highest BCUT2D eigenvalue weighted by Gasteiger charge is 2.66. The normalized spacial score (nSPS) is 17.1. The Labute approximate surface area is 254 Å². The Morgan fingerprint density at radius 1 is 1.02 bits per heavy atom. The molecule has 44 heavy (non-hydrogen) atoms. The second-order valence-electron chi connectivity index (χ2n) is 10.8. The number of halogens is 1. The van der Waals surface area contributed by atoms with Crippen molar-refractivity contribution < 1.29 is 27.9 Å². The van der Waals surface area contributed by atoms with Crippen LogP contribution in [0.25, 0.3) is 11.0 Å². The van der Waals surface area contributed by atoms with Gasteiger partial charge in [-0.25, -0.2) is 14.2 Å². The van der Waals surface area contributed by atoms with Gasteiger partial charge in [-0.2, -0.15) is 0 Å². The van der Waals surface area contributed by atoms with Gasteiger partial charge in [0.05, 0.1) is 36.0 Å². The molecule has 1 spiro atoms. The number of carbonyl (C=O) groups excluding carboxylic acids is 3. The lowest BCUT2D eigenvalue weighted by Gasteiger charge is -2.32. The van der Waals surface area contributed by atoms with Gasteiger partial charge in [0.2, 0.25) is 5.76 Å². The van der Waals surface area contributed by atoms with E-state index in [4.69, 9.17) is 9.15 Å². The number of methoxy groups -OCH3 is 1. The highest BCUT2D eigenvalue weighted by molar-refractivity contribution is 7.17. The minimum absolute atomic E-state index is 0.00557. The van der Waals surface area contributed by atoms with Crippen LogP contribution in [0.1, 0.15) is 53.7 Å². The summed E-state index contributed by atoms with van der Waals surface area (Å²) >= 11 is 0.869. The molecule has 4 heterocycles. The second-order valence-corrected chi connectivity index (χ2v) is 11.8. The number of thiazole rings is 1. The number of hydrogen-bond donors (Lipinski definition) is 0. The van der Waals surface area contributed by atoms with Crippen LogP contribution in [0.2, 0.25) is 0 Å². The Hall–Kier alpha value is -5.16. The van der Waals surface area contributed by atoms with Gasteiger partial charge in [-0.15, -0.1) is 0 Å². The highest BCUT2D eigenvalue weighted by atomic mass is 32.1. The lowest BCUT2D eigenvalue weighted by Crippen LogP contribution is -2.53. The number of rotatable bonds is 4. The van der Waals surface area contributed by atoms with Crippen molar-refractivity contribution in [2.45, 2.75) is 32.9 Å². The van der Waals surface area contributed by atoms with Crippen LogP contribution in [0, 0.1) is 26.6 Å². The van der Waals surface area contributed by atoms with Gasteiger partial charge in [-0.1, -0.05) is 47.7 Å². The molecule has 0 aliphatic carbocycles. The summed E-state index contributed by atoms with van der Waals surface area (Å²) < 4.78 is 26.0. The fourth-order valence-corrected chi connectivity index (χ4v) is 7.17. The maximum atomic E-state index is 15.0. The molecule has 0 fully saturated rings. The zero-order valence-corrected chi connectivity index (χ0v) is 24.9. The van der Waals surface area contributed by atoms with Crippen molar-refractivity contribution in [2.24, 2.45) is 0 Å². The van der Waals surface area contributed by atoms with E-state index in [0.29, 0.717) is 11.3 Å². The summed E-state index contributed by atoms with van der Waals surface area (Å²) in [4.78, 5) is 63.7. The van der Waals surface area contributed by atoms with Gasteiger partial charge in [0.1, 0.15) is 16.3 Å². The summed E-state index contributed by atoms with van der Waals surface area (Å²) in [6.07, 6.45) is 0.